The lowest BCUT2D eigenvalue weighted by Gasteiger charge is -2.31. The van der Waals surface area contributed by atoms with Crippen LogP contribution < -0.4 is 0 Å². The summed E-state index contributed by atoms with van der Waals surface area (Å²) in [4.78, 5) is 0. The van der Waals surface area contributed by atoms with Crippen LogP contribution in [0.15, 0.2) is 0 Å². The summed E-state index contributed by atoms with van der Waals surface area (Å²) in [5.41, 5.74) is -1.25. The first-order valence-electron chi connectivity index (χ1n) is 13.7. The molecule has 0 saturated heterocycles. The van der Waals surface area contributed by atoms with Crippen molar-refractivity contribution in [1.29, 1.82) is 0 Å². The minimum Gasteiger partial charge on any atom is -0.0835 e. The molecule has 0 N–H and O–H groups in total. The van der Waals surface area contributed by atoms with Crippen molar-refractivity contribution in [3.8, 4) is 0 Å². The van der Waals surface area contributed by atoms with Gasteiger partial charge < -0.3 is 0 Å². The average Bonchev–Trinajstić information content (AvgIpc) is 3.16. The van der Waals surface area contributed by atoms with Crippen LogP contribution in [-0.2, 0) is 0 Å². The largest absolute Gasteiger partial charge is 0.0835 e. The standard InChI is InChI=1S/C32HCl24/c33-9-3(1(5-12(36)21(45)29(53)22(46)13(5)37)6-14(38)23(47)30(54)24(48)15(6)39)10(34)20(44)11(35)4(9)2(7-16(40)25(49)31(55)26(50)17(7)41)8-18(42)27(51)32(56)28(52)19(8)43/h1H. The molecule has 0 aromatic heterocycles. The van der Waals surface area contributed by atoms with Crippen LogP contribution in [0, 0.1) is 5.92 Å². The molecule has 56 heavy (non-hydrogen) atoms. The van der Waals surface area contributed by atoms with Crippen LogP contribution in [0.25, 0.3) is 0 Å². The Balaban J connectivity index is 2.15. The number of hydrogen-bond acceptors (Lipinski definition) is 0. The molecular weight excluding hydrogens is 1240 g/mol. The van der Waals surface area contributed by atoms with Gasteiger partial charge in [0.1, 0.15) is 0 Å². The van der Waals surface area contributed by atoms with Gasteiger partial charge in [-0.1, -0.05) is 278 Å². The molecule has 0 aliphatic heterocycles. The lowest BCUT2D eigenvalue weighted by molar-refractivity contribution is 0.974. The Hall–Kier alpha value is 3.06. The summed E-state index contributed by atoms with van der Waals surface area (Å²) >= 11 is 162. The molecule has 1 radical (unpaired) electrons. The van der Waals surface area contributed by atoms with Crippen LogP contribution in [0.2, 0.25) is 121 Å². The topological polar surface area (TPSA) is 0 Å². The molecule has 5 aromatic carbocycles. The van der Waals surface area contributed by atoms with Crippen molar-refractivity contribution in [3.63, 3.8) is 0 Å². The zero-order valence-corrected chi connectivity index (χ0v) is 43.3. The predicted octanol–water partition coefficient (Wildman–Crippen LogP) is 23.6. The molecule has 0 atom stereocenters. The smallest absolute Gasteiger partial charge is 0.0809 e. The van der Waals surface area contributed by atoms with Gasteiger partial charge in [0.05, 0.1) is 126 Å². The molecule has 0 saturated carbocycles. The van der Waals surface area contributed by atoms with E-state index in [1.807, 2.05) is 0 Å². The molecule has 0 amide bonds. The van der Waals surface area contributed by atoms with Crippen LogP contribution in [0.3, 0.4) is 0 Å². The molecule has 5 rings (SSSR count). The van der Waals surface area contributed by atoms with Crippen molar-refractivity contribution in [2.24, 2.45) is 0 Å². The quantitative estimate of drug-likeness (QED) is 0.0903. The third kappa shape index (κ3) is 8.29. The van der Waals surface area contributed by atoms with E-state index in [1.165, 1.54) is 0 Å². The Kier molecular flexibility index (Phi) is 17.2. The molecule has 0 heterocycles. The molecule has 0 fully saturated rings. The van der Waals surface area contributed by atoms with Crippen LogP contribution in [0.5, 0.6) is 0 Å². The highest BCUT2D eigenvalue weighted by molar-refractivity contribution is 6.60. The molecule has 0 spiro atoms. The highest BCUT2D eigenvalue weighted by Gasteiger charge is 2.42. The Morgan fingerprint density at radius 1 is 0.179 bits per heavy atom. The summed E-state index contributed by atoms with van der Waals surface area (Å²) in [5, 5.41) is -7.12. The van der Waals surface area contributed by atoms with E-state index in [-0.39, 0.29) is 155 Å². The van der Waals surface area contributed by atoms with E-state index in [4.69, 9.17) is 278 Å². The van der Waals surface area contributed by atoms with Crippen molar-refractivity contribution < 1.29 is 0 Å². The Morgan fingerprint density at radius 3 is 0.554 bits per heavy atom. The van der Waals surface area contributed by atoms with E-state index >= 15 is 0 Å². The molecule has 5 aromatic rings. The summed E-state index contributed by atoms with van der Waals surface area (Å²) < 4.78 is 0. The van der Waals surface area contributed by atoms with Crippen LogP contribution in [0.1, 0.15) is 39.3 Å². The van der Waals surface area contributed by atoms with E-state index in [0.717, 1.165) is 0 Å². The minimum absolute atomic E-state index is 0.150. The maximum absolute atomic E-state index is 7.48. The number of hydrogen-bond donors (Lipinski definition) is 0. The summed E-state index contributed by atoms with van der Waals surface area (Å²) in [5.74, 6) is -1.84. The molecule has 0 aliphatic rings. The van der Waals surface area contributed by atoms with Gasteiger partial charge in [-0.15, -0.1) is 0 Å². The highest BCUT2D eigenvalue weighted by Crippen LogP contribution is 2.62. The van der Waals surface area contributed by atoms with E-state index in [1.54, 1.807) is 0 Å². The van der Waals surface area contributed by atoms with Gasteiger partial charge in [0.2, 0.25) is 0 Å². The molecule has 0 nitrogen and oxygen atoms in total. The van der Waals surface area contributed by atoms with Gasteiger partial charge in [-0.05, 0) is 0 Å². The second-order valence-electron chi connectivity index (χ2n) is 10.7. The molecule has 0 unspecified atom stereocenters. The first-order chi connectivity index (χ1) is 25.9. The molecule has 297 valence electrons. The number of halogens is 24. The van der Waals surface area contributed by atoms with Crippen molar-refractivity contribution in [3.05, 3.63) is 160 Å². The summed E-state index contributed by atoms with van der Waals surface area (Å²) in [7, 11) is 0. The predicted molar refractivity (Wildman–Crippen MR) is 254 cm³/mol. The van der Waals surface area contributed by atoms with Gasteiger partial charge in [-0.25, -0.2) is 0 Å². The fraction of sp³-hybridized carbons (Fsp3) is 0.0312. The molecule has 0 aliphatic carbocycles. The Morgan fingerprint density at radius 2 is 0.321 bits per heavy atom. The van der Waals surface area contributed by atoms with Gasteiger partial charge in [-0.3, -0.25) is 0 Å². The number of benzene rings is 5. The van der Waals surface area contributed by atoms with Gasteiger partial charge in [0.15, 0.2) is 0 Å². The van der Waals surface area contributed by atoms with Crippen LogP contribution >= 0.6 is 278 Å². The normalized spacial score (nSPS) is 11.9. The lowest BCUT2D eigenvalue weighted by atomic mass is 9.79. The fourth-order valence-corrected chi connectivity index (χ4v) is 12.0. The van der Waals surface area contributed by atoms with Gasteiger partial charge in [-0.2, -0.15) is 0 Å². The van der Waals surface area contributed by atoms with Crippen molar-refractivity contribution in [2.45, 2.75) is 5.92 Å². The van der Waals surface area contributed by atoms with E-state index in [2.05, 4.69) is 0 Å². The lowest BCUT2D eigenvalue weighted by Crippen LogP contribution is -2.15. The van der Waals surface area contributed by atoms with Crippen molar-refractivity contribution >= 4 is 278 Å². The Bertz CT molecular complexity index is 2120. The number of rotatable bonds is 6. The van der Waals surface area contributed by atoms with Gasteiger partial charge in [0.25, 0.3) is 0 Å². The molecule has 0 bridgehead atoms. The van der Waals surface area contributed by atoms with Gasteiger partial charge >= 0.3 is 0 Å². The summed E-state index contributed by atoms with van der Waals surface area (Å²) in [6, 6.07) is 0. The summed E-state index contributed by atoms with van der Waals surface area (Å²) in [6.45, 7) is 0. The maximum Gasteiger partial charge on any atom is 0.0809 e. The van der Waals surface area contributed by atoms with E-state index < -0.39 is 10.9 Å². The maximum atomic E-state index is 7.48. The monoisotopic (exact) mass is 1220 g/mol. The first kappa shape index (κ1) is 50.1. The summed E-state index contributed by atoms with van der Waals surface area (Å²) in [6.07, 6.45) is 0. The third-order valence-corrected chi connectivity index (χ3v) is 18.7. The van der Waals surface area contributed by atoms with E-state index in [0.29, 0.717) is 0 Å². The van der Waals surface area contributed by atoms with Gasteiger partial charge in [0, 0.05) is 39.3 Å². The molecule has 24 heteroatoms. The zero-order valence-electron chi connectivity index (χ0n) is 25.1. The SMILES string of the molecule is Clc1c(Cl)c(Cl)c([C](c2c(Cl)c(Cl)c(Cl)c(Cl)c2Cl)c2c(Cl)c(Cl)c(Cl)c(C(c3c(Cl)c(Cl)c(Cl)c(Cl)c3Cl)c3c(Cl)c(Cl)c(Cl)c(Cl)c3Cl)c2Cl)c(Cl)c1Cl. The third-order valence-electron chi connectivity index (χ3n) is 7.82. The average molecular weight is 1240 g/mol. The van der Waals surface area contributed by atoms with Crippen molar-refractivity contribution in [1.82, 2.24) is 0 Å². The minimum atomic E-state index is -1.59. The fourth-order valence-electron chi connectivity index (χ4n) is 5.33. The molecular formula is C32HCl24. The zero-order chi connectivity index (χ0) is 42.5. The van der Waals surface area contributed by atoms with Crippen LogP contribution in [0.4, 0.5) is 0 Å². The van der Waals surface area contributed by atoms with E-state index in [9.17, 15) is 0 Å². The second kappa shape index (κ2) is 19.3. The second-order valence-corrected chi connectivity index (χ2v) is 19.8. The highest BCUT2D eigenvalue weighted by atomic mass is 35.5. The Labute approximate surface area is 438 Å². The first-order valence-corrected chi connectivity index (χ1v) is 22.7. The van der Waals surface area contributed by atoms with Crippen LogP contribution in [-0.4, -0.2) is 0 Å². The van der Waals surface area contributed by atoms with Crippen molar-refractivity contribution in [2.75, 3.05) is 0 Å².